The van der Waals surface area contributed by atoms with E-state index in [2.05, 4.69) is 5.10 Å². The van der Waals surface area contributed by atoms with E-state index in [4.69, 9.17) is 4.74 Å². The number of rotatable bonds is 1. The van der Waals surface area contributed by atoms with Crippen LogP contribution in [0.3, 0.4) is 0 Å². The minimum Gasteiger partial charge on any atom is -0.444 e. The van der Waals surface area contributed by atoms with Crippen LogP contribution in [-0.2, 0) is 23.9 Å². The van der Waals surface area contributed by atoms with Gasteiger partial charge in [-0.15, -0.1) is 0 Å². The van der Waals surface area contributed by atoms with E-state index in [0.717, 1.165) is 0 Å². The molecule has 5 nitrogen and oxygen atoms in total. The predicted molar refractivity (Wildman–Crippen MR) is 78.0 cm³/mol. The monoisotopic (exact) mass is 333 g/mol. The fourth-order valence-electron chi connectivity index (χ4n) is 2.58. The van der Waals surface area contributed by atoms with Crippen LogP contribution in [0.2, 0.25) is 0 Å². The molecular weight excluding hydrogens is 311 g/mol. The van der Waals surface area contributed by atoms with Gasteiger partial charge in [0, 0.05) is 30.3 Å². The van der Waals surface area contributed by atoms with Crippen molar-refractivity contribution < 1.29 is 22.7 Å². The van der Waals surface area contributed by atoms with Crippen LogP contribution in [0.4, 0.5) is 18.0 Å². The minimum atomic E-state index is -4.54. The average molecular weight is 333 g/mol. The summed E-state index contributed by atoms with van der Waals surface area (Å²) in [4.78, 5) is 13.4. The standard InChI is InChI=1S/C15H22F3N3O2/c1-9(2)21-11-6-7-20(13(22)23-14(3,4)5)8-10(11)12(19-21)15(16,17)18/h9H,6-8H2,1-5H3. The number of hydrogen-bond acceptors (Lipinski definition) is 3. The Bertz CT molecular complexity index is 600. The summed E-state index contributed by atoms with van der Waals surface area (Å²) in [5.74, 6) is 0. The van der Waals surface area contributed by atoms with E-state index in [1.54, 1.807) is 34.6 Å². The molecule has 0 spiro atoms. The maximum absolute atomic E-state index is 13.2. The van der Waals surface area contributed by atoms with Crippen molar-refractivity contribution in [1.29, 1.82) is 0 Å². The molecule has 0 unspecified atom stereocenters. The van der Waals surface area contributed by atoms with Crippen LogP contribution in [0.5, 0.6) is 0 Å². The number of ether oxygens (including phenoxy) is 1. The number of aromatic nitrogens is 2. The van der Waals surface area contributed by atoms with E-state index >= 15 is 0 Å². The number of alkyl halides is 3. The van der Waals surface area contributed by atoms with Crippen molar-refractivity contribution in [2.75, 3.05) is 6.54 Å². The fraction of sp³-hybridized carbons (Fsp3) is 0.733. The second-order valence-corrected chi connectivity index (χ2v) is 6.96. The molecule has 0 aliphatic carbocycles. The van der Waals surface area contributed by atoms with Crippen LogP contribution in [-0.4, -0.2) is 32.9 Å². The Morgan fingerprint density at radius 1 is 1.26 bits per heavy atom. The molecule has 1 aromatic rings. The highest BCUT2D eigenvalue weighted by molar-refractivity contribution is 5.68. The molecule has 130 valence electrons. The van der Waals surface area contributed by atoms with E-state index in [-0.39, 0.29) is 18.2 Å². The van der Waals surface area contributed by atoms with Crippen LogP contribution in [0.25, 0.3) is 0 Å². The van der Waals surface area contributed by atoms with Crippen molar-refractivity contribution >= 4 is 6.09 Å². The maximum Gasteiger partial charge on any atom is 0.435 e. The number of fused-ring (bicyclic) bond motifs is 1. The normalized spacial score (nSPS) is 15.8. The zero-order valence-corrected chi connectivity index (χ0v) is 14.0. The molecule has 0 N–H and O–H groups in total. The number of carbonyl (C=O) groups excluding carboxylic acids is 1. The van der Waals surface area contributed by atoms with Crippen molar-refractivity contribution in [3.63, 3.8) is 0 Å². The van der Waals surface area contributed by atoms with Gasteiger partial charge in [0.1, 0.15) is 5.60 Å². The molecule has 1 aromatic heterocycles. The number of hydrogen-bond donors (Lipinski definition) is 0. The van der Waals surface area contributed by atoms with Crippen LogP contribution < -0.4 is 0 Å². The lowest BCUT2D eigenvalue weighted by molar-refractivity contribution is -0.142. The molecule has 2 heterocycles. The van der Waals surface area contributed by atoms with Gasteiger partial charge in [0.05, 0.1) is 6.54 Å². The Morgan fingerprint density at radius 2 is 1.87 bits per heavy atom. The summed E-state index contributed by atoms with van der Waals surface area (Å²) in [7, 11) is 0. The Kier molecular flexibility index (Phi) is 4.38. The SMILES string of the molecule is CC(C)n1nc(C(F)(F)F)c2c1CCN(C(=O)OC(C)(C)C)C2. The van der Waals surface area contributed by atoms with Gasteiger partial charge in [0.2, 0.25) is 0 Å². The van der Waals surface area contributed by atoms with Gasteiger partial charge in [-0.05, 0) is 34.6 Å². The molecule has 0 aromatic carbocycles. The van der Waals surface area contributed by atoms with Gasteiger partial charge in [-0.2, -0.15) is 18.3 Å². The molecule has 8 heteroatoms. The summed E-state index contributed by atoms with van der Waals surface area (Å²) in [5, 5.41) is 3.74. The quantitative estimate of drug-likeness (QED) is 0.786. The Hall–Kier alpha value is -1.73. The molecule has 23 heavy (non-hydrogen) atoms. The Morgan fingerprint density at radius 3 is 2.35 bits per heavy atom. The molecular formula is C15H22F3N3O2. The van der Waals surface area contributed by atoms with Gasteiger partial charge in [-0.3, -0.25) is 4.68 Å². The number of nitrogens with zero attached hydrogens (tertiary/aromatic N) is 3. The Balaban J connectivity index is 2.34. The summed E-state index contributed by atoms with van der Waals surface area (Å²) < 4.78 is 46.4. The largest absolute Gasteiger partial charge is 0.444 e. The zero-order chi connectivity index (χ0) is 17.6. The Labute approximate surface area is 133 Å². The molecule has 1 amide bonds. The van der Waals surface area contributed by atoms with Crippen LogP contribution in [0.15, 0.2) is 0 Å². The third-order valence-corrected chi connectivity index (χ3v) is 3.50. The highest BCUT2D eigenvalue weighted by Crippen LogP contribution is 2.36. The molecule has 0 saturated heterocycles. The van der Waals surface area contributed by atoms with Crippen molar-refractivity contribution in [3.05, 3.63) is 17.0 Å². The van der Waals surface area contributed by atoms with E-state index in [1.165, 1.54) is 9.58 Å². The van der Waals surface area contributed by atoms with Crippen molar-refractivity contribution in [1.82, 2.24) is 14.7 Å². The topological polar surface area (TPSA) is 47.4 Å². The predicted octanol–water partition coefficient (Wildman–Crippen LogP) is 3.78. The van der Waals surface area contributed by atoms with Gasteiger partial charge in [-0.25, -0.2) is 4.79 Å². The third-order valence-electron chi connectivity index (χ3n) is 3.50. The average Bonchev–Trinajstić information content (AvgIpc) is 2.74. The molecule has 0 fully saturated rings. The second-order valence-electron chi connectivity index (χ2n) is 6.96. The van der Waals surface area contributed by atoms with Gasteiger partial charge >= 0.3 is 12.3 Å². The van der Waals surface area contributed by atoms with E-state index in [1.807, 2.05) is 0 Å². The molecule has 1 aliphatic rings. The molecule has 1 aliphatic heterocycles. The fourth-order valence-corrected chi connectivity index (χ4v) is 2.58. The lowest BCUT2D eigenvalue weighted by atomic mass is 10.0. The summed E-state index contributed by atoms with van der Waals surface area (Å²) in [5.41, 5.74) is -0.975. The van der Waals surface area contributed by atoms with Crippen LogP contribution in [0, 0.1) is 0 Å². The molecule has 2 rings (SSSR count). The maximum atomic E-state index is 13.2. The first-order valence-corrected chi connectivity index (χ1v) is 7.55. The van der Waals surface area contributed by atoms with Crippen molar-refractivity contribution in [3.8, 4) is 0 Å². The molecule has 0 bridgehead atoms. The van der Waals surface area contributed by atoms with Gasteiger partial charge < -0.3 is 9.64 Å². The van der Waals surface area contributed by atoms with Gasteiger partial charge in [0.15, 0.2) is 5.69 Å². The summed E-state index contributed by atoms with van der Waals surface area (Å²) in [6, 6.07) is -0.173. The first kappa shape index (κ1) is 17.6. The summed E-state index contributed by atoms with van der Waals surface area (Å²) >= 11 is 0. The van der Waals surface area contributed by atoms with Crippen LogP contribution >= 0.6 is 0 Å². The van der Waals surface area contributed by atoms with Crippen LogP contribution in [0.1, 0.15) is 57.6 Å². The first-order chi connectivity index (χ1) is 10.4. The summed E-state index contributed by atoms with van der Waals surface area (Å²) in [6.07, 6.45) is -4.81. The smallest absolute Gasteiger partial charge is 0.435 e. The molecule has 0 atom stereocenters. The highest BCUT2D eigenvalue weighted by atomic mass is 19.4. The molecule has 0 saturated carbocycles. The number of amides is 1. The lowest BCUT2D eigenvalue weighted by Gasteiger charge is -2.30. The number of halogens is 3. The minimum absolute atomic E-state index is 0.0725. The second kappa shape index (κ2) is 5.72. The first-order valence-electron chi connectivity index (χ1n) is 7.55. The lowest BCUT2D eigenvalue weighted by Crippen LogP contribution is -2.40. The zero-order valence-electron chi connectivity index (χ0n) is 14.0. The van der Waals surface area contributed by atoms with Crippen molar-refractivity contribution in [2.45, 2.75) is 65.4 Å². The van der Waals surface area contributed by atoms with E-state index in [0.29, 0.717) is 18.7 Å². The van der Waals surface area contributed by atoms with E-state index < -0.39 is 23.6 Å². The third kappa shape index (κ3) is 3.79. The highest BCUT2D eigenvalue weighted by Gasteiger charge is 2.41. The number of carbonyl (C=O) groups is 1. The summed E-state index contributed by atoms with van der Waals surface area (Å²) in [6.45, 7) is 8.92. The van der Waals surface area contributed by atoms with Gasteiger partial charge in [0.25, 0.3) is 0 Å². The van der Waals surface area contributed by atoms with E-state index in [9.17, 15) is 18.0 Å². The molecule has 0 radical (unpaired) electrons. The van der Waals surface area contributed by atoms with Crippen molar-refractivity contribution in [2.24, 2.45) is 0 Å². The van der Waals surface area contributed by atoms with Gasteiger partial charge in [-0.1, -0.05) is 0 Å².